The molecule has 0 aliphatic rings. The lowest BCUT2D eigenvalue weighted by molar-refractivity contribution is -0.142. The molecule has 1 heterocycles. The number of carbonyl (C=O) groups is 2. The van der Waals surface area contributed by atoms with E-state index in [1.54, 1.807) is 19.9 Å². The van der Waals surface area contributed by atoms with Gasteiger partial charge < -0.3 is 19.9 Å². The summed E-state index contributed by atoms with van der Waals surface area (Å²) >= 11 is 0. The molecule has 140 valence electrons. The molecule has 3 N–H and O–H groups in total. The second-order valence-corrected chi connectivity index (χ2v) is 6.33. The van der Waals surface area contributed by atoms with Crippen molar-refractivity contribution >= 4 is 22.8 Å². The van der Waals surface area contributed by atoms with Gasteiger partial charge in [-0.2, -0.15) is 0 Å². The summed E-state index contributed by atoms with van der Waals surface area (Å²) < 4.78 is 5.33. The first-order valence-electron chi connectivity index (χ1n) is 8.53. The van der Waals surface area contributed by atoms with Crippen molar-refractivity contribution in [1.29, 1.82) is 0 Å². The average molecular weight is 361 g/mol. The van der Waals surface area contributed by atoms with Crippen molar-refractivity contribution in [2.24, 2.45) is 0 Å². The number of carboxylic acids is 1. The van der Waals surface area contributed by atoms with Crippen molar-refractivity contribution in [3.63, 3.8) is 0 Å². The van der Waals surface area contributed by atoms with E-state index in [-0.39, 0.29) is 18.6 Å². The fourth-order valence-electron chi connectivity index (χ4n) is 2.92. The molecule has 1 amide bonds. The van der Waals surface area contributed by atoms with Crippen molar-refractivity contribution in [3.05, 3.63) is 39.2 Å². The summed E-state index contributed by atoms with van der Waals surface area (Å²) in [5.74, 6) is -1.45. The van der Waals surface area contributed by atoms with Gasteiger partial charge in [0.15, 0.2) is 0 Å². The van der Waals surface area contributed by atoms with Gasteiger partial charge >= 0.3 is 11.6 Å². The fraction of sp³-hybridized carbons (Fsp3) is 0.421. The molecule has 0 unspecified atom stereocenters. The highest BCUT2D eigenvalue weighted by atomic mass is 16.4. The lowest BCUT2D eigenvalue weighted by Crippen LogP contribution is -2.40. The average Bonchev–Trinajstić information content (AvgIpc) is 2.58. The molecule has 0 aliphatic carbocycles. The number of aryl methyl sites for hydroxylation is 2. The molecule has 0 saturated carbocycles. The summed E-state index contributed by atoms with van der Waals surface area (Å²) in [6.07, 6.45) is 1.12. The monoisotopic (exact) mass is 361 g/mol. The Morgan fingerprint density at radius 2 is 1.92 bits per heavy atom. The van der Waals surface area contributed by atoms with Crippen LogP contribution in [0.1, 0.15) is 42.9 Å². The first-order valence-corrected chi connectivity index (χ1v) is 8.53. The molecule has 1 aromatic heterocycles. The van der Waals surface area contributed by atoms with E-state index in [0.717, 1.165) is 0 Å². The first-order chi connectivity index (χ1) is 12.3. The minimum Gasteiger partial charge on any atom is -0.508 e. The van der Waals surface area contributed by atoms with Crippen LogP contribution < -0.4 is 10.9 Å². The van der Waals surface area contributed by atoms with Crippen LogP contribution in [0.3, 0.4) is 0 Å². The molecule has 0 bridgehead atoms. The highest BCUT2D eigenvalue weighted by Crippen LogP contribution is 2.28. The largest absolute Gasteiger partial charge is 0.508 e. The second-order valence-electron chi connectivity index (χ2n) is 6.33. The molecular weight excluding hydrogens is 338 g/mol. The maximum atomic E-state index is 12.3. The van der Waals surface area contributed by atoms with Gasteiger partial charge in [-0.15, -0.1) is 0 Å². The normalized spacial score (nSPS) is 12.1. The fourth-order valence-corrected chi connectivity index (χ4v) is 2.92. The number of rotatable bonds is 7. The number of carboxylic acid groups (broad SMARTS) is 1. The molecule has 0 spiro atoms. The van der Waals surface area contributed by atoms with E-state index in [9.17, 15) is 19.5 Å². The maximum Gasteiger partial charge on any atom is 0.339 e. The van der Waals surface area contributed by atoms with Crippen LogP contribution in [0.4, 0.5) is 0 Å². The number of phenolic OH excluding ortho intramolecular Hbond substituents is 1. The van der Waals surface area contributed by atoms with Crippen LogP contribution in [0.5, 0.6) is 5.75 Å². The second kappa shape index (κ2) is 8.03. The summed E-state index contributed by atoms with van der Waals surface area (Å²) in [7, 11) is 0. The quantitative estimate of drug-likeness (QED) is 0.652. The number of aromatic hydroxyl groups is 1. The van der Waals surface area contributed by atoms with Crippen LogP contribution in [0.2, 0.25) is 0 Å². The molecule has 2 rings (SSSR count). The lowest BCUT2D eigenvalue weighted by atomic mass is 10.00. The molecule has 0 radical (unpaired) electrons. The molecule has 7 heteroatoms. The number of aliphatic carboxylic acids is 1. The van der Waals surface area contributed by atoms with Crippen LogP contribution in [-0.4, -0.2) is 28.1 Å². The van der Waals surface area contributed by atoms with E-state index in [0.29, 0.717) is 40.5 Å². The van der Waals surface area contributed by atoms with E-state index in [2.05, 4.69) is 5.32 Å². The van der Waals surface area contributed by atoms with Crippen LogP contribution >= 0.6 is 0 Å². The maximum absolute atomic E-state index is 12.3. The third-order valence-corrected chi connectivity index (χ3v) is 4.49. The number of hydrogen-bond acceptors (Lipinski definition) is 5. The molecule has 1 aromatic carbocycles. The third kappa shape index (κ3) is 4.04. The van der Waals surface area contributed by atoms with E-state index in [1.165, 1.54) is 6.07 Å². The molecule has 1 atom stereocenters. The zero-order valence-corrected chi connectivity index (χ0v) is 15.1. The molecule has 0 saturated heterocycles. The Morgan fingerprint density at radius 1 is 1.23 bits per heavy atom. The molecule has 0 aliphatic heterocycles. The Kier molecular flexibility index (Phi) is 6.02. The standard InChI is InChI=1S/C19H23NO6/c1-4-5-14(18(23)24)20-16(22)9-7-13-10(2)12-6-8-15(21)11(3)17(12)26-19(13)25/h6,8,14,21H,4-5,7,9H2,1-3H3,(H,20,22)(H,23,24)/t14-/m1/s1. The molecular formula is C19H23NO6. The predicted octanol–water partition coefficient (Wildman–Crippen LogP) is 2.42. The van der Waals surface area contributed by atoms with Gasteiger partial charge in [-0.3, -0.25) is 4.79 Å². The van der Waals surface area contributed by atoms with E-state index in [4.69, 9.17) is 9.52 Å². The number of fused-ring (bicyclic) bond motifs is 1. The summed E-state index contributed by atoms with van der Waals surface area (Å²) in [6, 6.07) is 2.28. The number of amides is 1. The van der Waals surface area contributed by atoms with Crippen LogP contribution in [0.25, 0.3) is 11.0 Å². The third-order valence-electron chi connectivity index (χ3n) is 4.49. The Hall–Kier alpha value is -2.83. The van der Waals surface area contributed by atoms with Crippen LogP contribution in [-0.2, 0) is 16.0 Å². The van der Waals surface area contributed by atoms with E-state index < -0.39 is 23.5 Å². The predicted molar refractivity (Wildman–Crippen MR) is 96.4 cm³/mol. The summed E-state index contributed by atoms with van der Waals surface area (Å²) in [6.45, 7) is 5.26. The SMILES string of the molecule is CCC[C@@H](NC(=O)CCc1c(C)c2ccc(O)c(C)c2oc1=O)C(=O)O. The number of carbonyl (C=O) groups excluding carboxylic acids is 1. The molecule has 26 heavy (non-hydrogen) atoms. The lowest BCUT2D eigenvalue weighted by Gasteiger charge is -2.14. The van der Waals surface area contributed by atoms with Crippen molar-refractivity contribution in [2.75, 3.05) is 0 Å². The molecule has 7 nitrogen and oxygen atoms in total. The van der Waals surface area contributed by atoms with E-state index >= 15 is 0 Å². The van der Waals surface area contributed by atoms with Crippen LogP contribution in [0.15, 0.2) is 21.3 Å². The van der Waals surface area contributed by atoms with Gasteiger partial charge in [0, 0.05) is 22.9 Å². The topological polar surface area (TPSA) is 117 Å². The minimum absolute atomic E-state index is 0.0122. The van der Waals surface area contributed by atoms with Gasteiger partial charge in [0.2, 0.25) is 5.91 Å². The van der Waals surface area contributed by atoms with Gasteiger partial charge in [-0.25, -0.2) is 9.59 Å². The Balaban J connectivity index is 2.21. The van der Waals surface area contributed by atoms with Crippen LogP contribution in [0, 0.1) is 13.8 Å². The molecule has 0 fully saturated rings. The Labute approximate surface area is 150 Å². The number of benzene rings is 1. The number of hydrogen-bond donors (Lipinski definition) is 3. The number of phenols is 1. The van der Waals surface area contributed by atoms with Gasteiger partial charge in [-0.1, -0.05) is 13.3 Å². The van der Waals surface area contributed by atoms with Gasteiger partial charge in [0.1, 0.15) is 17.4 Å². The Bertz CT molecular complexity index is 899. The zero-order valence-electron chi connectivity index (χ0n) is 15.1. The Morgan fingerprint density at radius 3 is 2.54 bits per heavy atom. The van der Waals surface area contributed by atoms with Crippen molar-refractivity contribution in [1.82, 2.24) is 5.32 Å². The zero-order chi connectivity index (χ0) is 19.4. The minimum atomic E-state index is -1.07. The van der Waals surface area contributed by atoms with Crippen molar-refractivity contribution in [3.8, 4) is 5.75 Å². The first kappa shape index (κ1) is 19.5. The summed E-state index contributed by atoms with van der Waals surface area (Å²) in [5.41, 5.74) is 1.32. The van der Waals surface area contributed by atoms with Gasteiger partial charge in [0.05, 0.1) is 0 Å². The highest BCUT2D eigenvalue weighted by Gasteiger charge is 2.20. The summed E-state index contributed by atoms with van der Waals surface area (Å²) in [4.78, 5) is 35.5. The summed E-state index contributed by atoms with van der Waals surface area (Å²) in [5, 5.41) is 22.0. The number of nitrogens with one attached hydrogen (secondary N) is 1. The molecule has 2 aromatic rings. The smallest absolute Gasteiger partial charge is 0.339 e. The van der Waals surface area contributed by atoms with Gasteiger partial charge in [-0.05, 0) is 44.4 Å². The van der Waals surface area contributed by atoms with Crippen molar-refractivity contribution in [2.45, 2.75) is 52.5 Å². The van der Waals surface area contributed by atoms with Crippen molar-refractivity contribution < 1.29 is 24.2 Å². The van der Waals surface area contributed by atoms with Gasteiger partial charge in [0.25, 0.3) is 0 Å². The highest BCUT2D eigenvalue weighted by molar-refractivity contribution is 5.86. The van der Waals surface area contributed by atoms with E-state index in [1.807, 2.05) is 6.92 Å².